The van der Waals surface area contributed by atoms with Crippen molar-refractivity contribution in [1.29, 1.82) is 0 Å². The van der Waals surface area contributed by atoms with Gasteiger partial charge in [0.15, 0.2) is 5.78 Å². The second kappa shape index (κ2) is 11.0. The Morgan fingerprint density at radius 1 is 1.19 bits per heavy atom. The highest BCUT2D eigenvalue weighted by Gasteiger charge is 2.24. The SMILES string of the molecule is CC(C)(O)C(=O)c1ccc(OCCOC(=O)CCCCC2CCSS2)cc1. The molecule has 1 N–H and O–H groups in total. The highest BCUT2D eigenvalue weighted by Crippen LogP contribution is 2.39. The molecule has 1 aromatic rings. The Morgan fingerprint density at radius 2 is 1.93 bits per heavy atom. The Bertz CT molecular complexity index is 604. The Hall–Kier alpha value is -1.18. The van der Waals surface area contributed by atoms with Crippen molar-refractivity contribution in [2.45, 2.75) is 56.8 Å². The van der Waals surface area contributed by atoms with Crippen LogP contribution in [-0.2, 0) is 9.53 Å². The topological polar surface area (TPSA) is 72.8 Å². The van der Waals surface area contributed by atoms with Crippen LogP contribution in [0.2, 0.25) is 0 Å². The van der Waals surface area contributed by atoms with E-state index in [0.717, 1.165) is 18.1 Å². The molecule has 0 aliphatic carbocycles. The van der Waals surface area contributed by atoms with E-state index in [4.69, 9.17) is 9.47 Å². The molecule has 1 heterocycles. The van der Waals surface area contributed by atoms with Gasteiger partial charge in [-0.05, 0) is 57.4 Å². The lowest BCUT2D eigenvalue weighted by Gasteiger charge is -2.15. The Kier molecular flexibility index (Phi) is 8.99. The third-order valence-corrected chi connectivity index (χ3v) is 7.18. The van der Waals surface area contributed by atoms with E-state index in [9.17, 15) is 14.7 Å². The van der Waals surface area contributed by atoms with E-state index in [1.54, 1.807) is 24.3 Å². The van der Waals surface area contributed by atoms with E-state index < -0.39 is 5.60 Å². The first-order valence-corrected chi connectivity index (χ1v) is 11.7. The molecule has 1 aliphatic rings. The maximum Gasteiger partial charge on any atom is 0.305 e. The Balaban J connectivity index is 1.56. The van der Waals surface area contributed by atoms with E-state index in [-0.39, 0.29) is 25.0 Å². The van der Waals surface area contributed by atoms with Gasteiger partial charge in [0.1, 0.15) is 24.6 Å². The second-order valence-electron chi connectivity index (χ2n) is 7.06. The zero-order valence-corrected chi connectivity index (χ0v) is 17.6. The van der Waals surface area contributed by atoms with Crippen LogP contribution in [0.5, 0.6) is 5.75 Å². The summed E-state index contributed by atoms with van der Waals surface area (Å²) in [7, 11) is 3.92. The molecule has 1 fully saturated rings. The minimum atomic E-state index is -1.40. The van der Waals surface area contributed by atoms with E-state index >= 15 is 0 Å². The van der Waals surface area contributed by atoms with E-state index in [1.807, 2.05) is 21.6 Å². The van der Waals surface area contributed by atoms with Crippen LogP contribution in [0.1, 0.15) is 56.3 Å². The molecule has 5 nitrogen and oxygen atoms in total. The zero-order chi connectivity index (χ0) is 19.7. The summed E-state index contributed by atoms with van der Waals surface area (Å²) in [4.78, 5) is 23.7. The first kappa shape index (κ1) is 22.1. The molecule has 0 bridgehead atoms. The number of benzene rings is 1. The van der Waals surface area contributed by atoms with Crippen LogP contribution in [0.3, 0.4) is 0 Å². The van der Waals surface area contributed by atoms with Crippen LogP contribution in [0.4, 0.5) is 0 Å². The number of ether oxygens (including phenoxy) is 2. The number of carbonyl (C=O) groups excluding carboxylic acids is 2. The van der Waals surface area contributed by atoms with Crippen molar-refractivity contribution < 1.29 is 24.2 Å². The number of hydrogen-bond acceptors (Lipinski definition) is 7. The Labute approximate surface area is 169 Å². The molecule has 150 valence electrons. The summed E-state index contributed by atoms with van der Waals surface area (Å²) in [6, 6.07) is 6.56. The van der Waals surface area contributed by atoms with Gasteiger partial charge in [0.2, 0.25) is 0 Å². The summed E-state index contributed by atoms with van der Waals surface area (Å²) in [6.07, 6.45) is 4.86. The molecule has 0 radical (unpaired) electrons. The van der Waals surface area contributed by atoms with Crippen LogP contribution in [0, 0.1) is 0 Å². The lowest BCUT2D eigenvalue weighted by atomic mass is 9.97. The molecule has 0 amide bonds. The quantitative estimate of drug-likeness (QED) is 0.252. The number of rotatable bonds is 11. The zero-order valence-electron chi connectivity index (χ0n) is 15.9. The Morgan fingerprint density at radius 3 is 2.56 bits per heavy atom. The number of ketones is 1. The van der Waals surface area contributed by atoms with Crippen molar-refractivity contribution in [3.63, 3.8) is 0 Å². The molecule has 7 heteroatoms. The van der Waals surface area contributed by atoms with Gasteiger partial charge in [-0.1, -0.05) is 28.0 Å². The lowest BCUT2D eigenvalue weighted by molar-refractivity contribution is -0.144. The monoisotopic (exact) mass is 412 g/mol. The molecular formula is C20H28O5S2. The van der Waals surface area contributed by atoms with E-state index in [2.05, 4.69) is 0 Å². The molecule has 1 atom stereocenters. The number of hydrogen-bond donors (Lipinski definition) is 1. The van der Waals surface area contributed by atoms with E-state index in [1.165, 1.54) is 32.4 Å². The first-order valence-electron chi connectivity index (χ1n) is 9.30. The first-order chi connectivity index (χ1) is 12.9. The summed E-state index contributed by atoms with van der Waals surface area (Å²) >= 11 is 0. The number of esters is 1. The number of aliphatic hydroxyl groups is 1. The molecule has 1 aliphatic heterocycles. The maximum atomic E-state index is 11.9. The van der Waals surface area contributed by atoms with Gasteiger partial charge >= 0.3 is 5.97 Å². The number of Topliss-reactive ketones (excluding diaryl/α,β-unsaturated/α-hetero) is 1. The number of unbranched alkanes of at least 4 members (excludes halogenated alkanes) is 1. The normalized spacial score (nSPS) is 16.9. The maximum absolute atomic E-state index is 11.9. The minimum absolute atomic E-state index is 0.182. The smallest absolute Gasteiger partial charge is 0.305 e. The fraction of sp³-hybridized carbons (Fsp3) is 0.600. The third kappa shape index (κ3) is 8.15. The molecule has 0 saturated carbocycles. The van der Waals surface area contributed by atoms with Gasteiger partial charge in [0, 0.05) is 23.0 Å². The fourth-order valence-electron chi connectivity index (χ4n) is 2.65. The van der Waals surface area contributed by atoms with Crippen molar-refractivity contribution >= 4 is 33.3 Å². The van der Waals surface area contributed by atoms with Gasteiger partial charge in [-0.3, -0.25) is 9.59 Å². The summed E-state index contributed by atoms with van der Waals surface area (Å²) in [5.41, 5.74) is -0.971. The van der Waals surface area contributed by atoms with Crippen LogP contribution in [-0.4, -0.2) is 46.7 Å². The summed E-state index contributed by atoms with van der Waals surface area (Å²) in [6.45, 7) is 3.39. The highest BCUT2D eigenvalue weighted by atomic mass is 33.1. The second-order valence-corrected chi connectivity index (χ2v) is 9.84. The van der Waals surface area contributed by atoms with Crippen LogP contribution < -0.4 is 4.74 Å². The predicted molar refractivity (Wildman–Crippen MR) is 110 cm³/mol. The predicted octanol–water partition coefficient (Wildman–Crippen LogP) is 4.28. The molecule has 0 spiro atoms. The van der Waals surface area contributed by atoms with Crippen molar-refractivity contribution in [2.24, 2.45) is 0 Å². The molecule has 27 heavy (non-hydrogen) atoms. The average molecular weight is 413 g/mol. The van der Waals surface area contributed by atoms with E-state index in [0.29, 0.717) is 17.7 Å². The van der Waals surface area contributed by atoms with Gasteiger partial charge in [-0.25, -0.2) is 0 Å². The number of carbonyl (C=O) groups is 2. The summed E-state index contributed by atoms with van der Waals surface area (Å²) in [5, 5.41) is 10.5. The van der Waals surface area contributed by atoms with Crippen LogP contribution >= 0.6 is 21.6 Å². The minimum Gasteiger partial charge on any atom is -0.490 e. The molecule has 1 aromatic carbocycles. The van der Waals surface area contributed by atoms with Gasteiger partial charge in [-0.15, -0.1) is 0 Å². The summed E-state index contributed by atoms with van der Waals surface area (Å²) < 4.78 is 10.7. The lowest BCUT2D eigenvalue weighted by Crippen LogP contribution is -2.30. The van der Waals surface area contributed by atoms with Crippen molar-refractivity contribution in [2.75, 3.05) is 19.0 Å². The standard InChI is InChI=1S/C20H28O5S2/c1-20(2,23)19(22)15-7-9-16(10-8-15)24-12-13-25-18(21)6-4-3-5-17-11-14-26-27-17/h7-10,17,23H,3-6,11-14H2,1-2H3. The van der Waals surface area contributed by atoms with Gasteiger partial charge in [-0.2, -0.15) is 0 Å². The van der Waals surface area contributed by atoms with Crippen LogP contribution in [0.25, 0.3) is 0 Å². The average Bonchev–Trinajstić information content (AvgIpc) is 3.15. The van der Waals surface area contributed by atoms with Crippen LogP contribution in [0.15, 0.2) is 24.3 Å². The molecular weight excluding hydrogens is 384 g/mol. The largest absolute Gasteiger partial charge is 0.490 e. The highest BCUT2D eigenvalue weighted by molar-refractivity contribution is 8.77. The van der Waals surface area contributed by atoms with Gasteiger partial charge in [0.05, 0.1) is 0 Å². The molecule has 1 saturated heterocycles. The van der Waals surface area contributed by atoms with Gasteiger partial charge in [0.25, 0.3) is 0 Å². The third-order valence-electron chi connectivity index (χ3n) is 4.17. The van der Waals surface area contributed by atoms with Crippen molar-refractivity contribution in [3.05, 3.63) is 29.8 Å². The summed E-state index contributed by atoms with van der Waals surface area (Å²) in [5.74, 6) is 1.31. The van der Waals surface area contributed by atoms with Crippen molar-refractivity contribution in [1.82, 2.24) is 0 Å². The van der Waals surface area contributed by atoms with Gasteiger partial charge < -0.3 is 14.6 Å². The van der Waals surface area contributed by atoms with Crippen molar-refractivity contribution in [3.8, 4) is 5.75 Å². The molecule has 1 unspecified atom stereocenters. The molecule has 2 rings (SSSR count). The fourth-order valence-corrected chi connectivity index (χ4v) is 5.68. The molecule has 0 aromatic heterocycles.